The summed E-state index contributed by atoms with van der Waals surface area (Å²) in [7, 11) is 2.98. The number of hydrogen-bond acceptors (Lipinski definition) is 7. The molecule has 0 bridgehead atoms. The summed E-state index contributed by atoms with van der Waals surface area (Å²) in [5, 5.41) is 2.70. The number of benzene rings is 2. The summed E-state index contributed by atoms with van der Waals surface area (Å²) in [6.07, 6.45) is -1.00. The van der Waals surface area contributed by atoms with Crippen LogP contribution in [0.3, 0.4) is 0 Å². The molecule has 0 aliphatic carbocycles. The molecule has 2 aromatic rings. The number of ether oxygens (including phenoxy) is 4. The molecule has 30 heavy (non-hydrogen) atoms. The summed E-state index contributed by atoms with van der Waals surface area (Å²) in [5.41, 5.74) is 1.26. The number of para-hydroxylation sites is 1. The Hall–Kier alpha value is -3.55. The number of carbonyl (C=O) groups is 3. The number of methoxy groups -OCH3 is 2. The van der Waals surface area contributed by atoms with Crippen LogP contribution in [0.5, 0.6) is 17.2 Å². The molecule has 0 aliphatic rings. The first-order valence-electron chi connectivity index (χ1n) is 9.26. The molecule has 0 saturated heterocycles. The van der Waals surface area contributed by atoms with Crippen LogP contribution in [0.25, 0.3) is 0 Å². The predicted octanol–water partition coefficient (Wildman–Crippen LogP) is 2.53. The molecule has 1 N–H and O–H groups in total. The third kappa shape index (κ3) is 6.23. The van der Waals surface area contributed by atoms with E-state index in [2.05, 4.69) is 5.32 Å². The van der Waals surface area contributed by atoms with Crippen LogP contribution < -0.4 is 19.5 Å². The molecule has 1 amide bonds. The lowest BCUT2D eigenvalue weighted by Gasteiger charge is -2.15. The van der Waals surface area contributed by atoms with Gasteiger partial charge in [0.1, 0.15) is 5.75 Å². The second kappa shape index (κ2) is 10.8. The molecule has 0 unspecified atom stereocenters. The highest BCUT2D eigenvalue weighted by Crippen LogP contribution is 2.28. The Labute approximate surface area is 175 Å². The Morgan fingerprint density at radius 1 is 0.967 bits per heavy atom. The molecule has 2 aromatic carbocycles. The van der Waals surface area contributed by atoms with Crippen LogP contribution in [-0.2, 0) is 20.9 Å². The van der Waals surface area contributed by atoms with Crippen molar-refractivity contribution in [3.8, 4) is 17.2 Å². The Balaban J connectivity index is 1.85. The minimum atomic E-state index is -1.00. The van der Waals surface area contributed by atoms with Crippen molar-refractivity contribution in [3.63, 3.8) is 0 Å². The molecule has 0 spiro atoms. The summed E-state index contributed by atoms with van der Waals surface area (Å²) in [6, 6.07) is 11.9. The van der Waals surface area contributed by atoms with Gasteiger partial charge in [0.15, 0.2) is 30.0 Å². The number of nitrogens with one attached hydrogen (secondary N) is 1. The normalized spacial score (nSPS) is 11.2. The molecule has 160 valence electrons. The van der Waals surface area contributed by atoms with Gasteiger partial charge in [0.05, 0.1) is 14.2 Å². The van der Waals surface area contributed by atoms with E-state index in [9.17, 15) is 14.4 Å². The van der Waals surface area contributed by atoms with Gasteiger partial charge in [0.25, 0.3) is 5.91 Å². The zero-order valence-electron chi connectivity index (χ0n) is 17.4. The van der Waals surface area contributed by atoms with Gasteiger partial charge in [0.2, 0.25) is 0 Å². The second-order valence-corrected chi connectivity index (χ2v) is 6.37. The van der Waals surface area contributed by atoms with E-state index in [0.717, 1.165) is 5.56 Å². The standard InChI is InChI=1S/C22H25NO7/c1-14(24)16-9-10-19(20(11-16)28-4)29-13-21(25)30-15(2)22(26)23-12-17-7-5-6-8-18(17)27-3/h5-11,15H,12-13H2,1-4H3,(H,23,26)/t15-/m1/s1. The first kappa shape index (κ1) is 22.7. The minimum Gasteiger partial charge on any atom is -0.496 e. The van der Waals surface area contributed by atoms with Crippen molar-refractivity contribution in [3.05, 3.63) is 53.6 Å². The van der Waals surface area contributed by atoms with E-state index < -0.39 is 24.6 Å². The van der Waals surface area contributed by atoms with Gasteiger partial charge in [0, 0.05) is 17.7 Å². The van der Waals surface area contributed by atoms with Crippen LogP contribution in [0.4, 0.5) is 0 Å². The van der Waals surface area contributed by atoms with Gasteiger partial charge in [-0.2, -0.15) is 0 Å². The van der Waals surface area contributed by atoms with Crippen molar-refractivity contribution in [2.75, 3.05) is 20.8 Å². The highest BCUT2D eigenvalue weighted by atomic mass is 16.6. The van der Waals surface area contributed by atoms with E-state index >= 15 is 0 Å². The summed E-state index contributed by atoms with van der Waals surface area (Å²) < 4.78 is 20.9. The fourth-order valence-corrected chi connectivity index (χ4v) is 2.60. The zero-order chi connectivity index (χ0) is 22.1. The molecule has 0 heterocycles. The lowest BCUT2D eigenvalue weighted by Crippen LogP contribution is -2.36. The van der Waals surface area contributed by atoms with Gasteiger partial charge in [-0.05, 0) is 38.1 Å². The maximum Gasteiger partial charge on any atom is 0.344 e. The summed E-state index contributed by atoms with van der Waals surface area (Å²) in [4.78, 5) is 35.7. The number of amides is 1. The highest BCUT2D eigenvalue weighted by molar-refractivity contribution is 5.94. The Kier molecular flexibility index (Phi) is 8.22. The van der Waals surface area contributed by atoms with Gasteiger partial charge in [-0.1, -0.05) is 18.2 Å². The molecule has 2 rings (SSSR count). The minimum absolute atomic E-state index is 0.118. The van der Waals surface area contributed by atoms with E-state index in [1.807, 2.05) is 18.2 Å². The van der Waals surface area contributed by atoms with Gasteiger partial charge in [-0.15, -0.1) is 0 Å². The van der Waals surface area contributed by atoms with Crippen LogP contribution in [0.15, 0.2) is 42.5 Å². The molecule has 0 aromatic heterocycles. The number of esters is 1. The maximum absolute atomic E-state index is 12.2. The van der Waals surface area contributed by atoms with Crippen LogP contribution in [0, 0.1) is 0 Å². The molecule has 8 nitrogen and oxygen atoms in total. The van der Waals surface area contributed by atoms with Crippen molar-refractivity contribution in [2.24, 2.45) is 0 Å². The van der Waals surface area contributed by atoms with Gasteiger partial charge < -0.3 is 24.3 Å². The zero-order valence-corrected chi connectivity index (χ0v) is 17.4. The average molecular weight is 415 g/mol. The van der Waals surface area contributed by atoms with Crippen molar-refractivity contribution < 1.29 is 33.3 Å². The Bertz CT molecular complexity index is 910. The SMILES string of the molecule is COc1ccccc1CNC(=O)[C@@H](C)OC(=O)COc1ccc(C(C)=O)cc1OC. The van der Waals surface area contributed by atoms with Crippen LogP contribution >= 0.6 is 0 Å². The molecule has 0 saturated carbocycles. The third-order valence-corrected chi connectivity index (χ3v) is 4.24. The molecule has 0 aliphatic heterocycles. The quantitative estimate of drug-likeness (QED) is 0.470. The first-order chi connectivity index (χ1) is 14.3. The number of Topliss-reactive ketones (excluding diaryl/α,β-unsaturated/α-hetero) is 1. The largest absolute Gasteiger partial charge is 0.496 e. The summed E-state index contributed by atoms with van der Waals surface area (Å²) >= 11 is 0. The monoisotopic (exact) mass is 415 g/mol. The van der Waals surface area contributed by atoms with E-state index in [4.69, 9.17) is 18.9 Å². The first-order valence-corrected chi connectivity index (χ1v) is 9.26. The predicted molar refractivity (Wildman–Crippen MR) is 109 cm³/mol. The fourth-order valence-electron chi connectivity index (χ4n) is 2.60. The van der Waals surface area contributed by atoms with E-state index in [1.54, 1.807) is 19.2 Å². The second-order valence-electron chi connectivity index (χ2n) is 6.37. The van der Waals surface area contributed by atoms with Gasteiger partial charge in [-0.3, -0.25) is 9.59 Å². The van der Waals surface area contributed by atoms with Crippen molar-refractivity contribution in [1.29, 1.82) is 0 Å². The lowest BCUT2D eigenvalue weighted by atomic mass is 10.1. The maximum atomic E-state index is 12.2. The van der Waals surface area contributed by atoms with E-state index in [-0.39, 0.29) is 18.1 Å². The molecular formula is C22H25NO7. The molecule has 1 atom stereocenters. The summed E-state index contributed by atoms with van der Waals surface area (Å²) in [6.45, 7) is 2.73. The van der Waals surface area contributed by atoms with Gasteiger partial charge in [-0.25, -0.2) is 4.79 Å². The number of hydrogen-bond donors (Lipinski definition) is 1. The summed E-state index contributed by atoms with van der Waals surface area (Å²) in [5.74, 6) is -0.0241. The Morgan fingerprint density at radius 2 is 1.67 bits per heavy atom. The molecular weight excluding hydrogens is 390 g/mol. The number of carbonyl (C=O) groups excluding carboxylic acids is 3. The van der Waals surface area contributed by atoms with E-state index in [1.165, 1.54) is 33.1 Å². The third-order valence-electron chi connectivity index (χ3n) is 4.24. The number of ketones is 1. The molecule has 0 fully saturated rings. The van der Waals surface area contributed by atoms with Gasteiger partial charge >= 0.3 is 5.97 Å². The topological polar surface area (TPSA) is 100 Å². The average Bonchev–Trinajstić information content (AvgIpc) is 2.75. The highest BCUT2D eigenvalue weighted by Gasteiger charge is 2.19. The van der Waals surface area contributed by atoms with E-state index in [0.29, 0.717) is 17.1 Å². The fraction of sp³-hybridized carbons (Fsp3) is 0.318. The molecule has 8 heteroatoms. The van der Waals surface area contributed by atoms with Crippen LogP contribution in [-0.4, -0.2) is 44.6 Å². The van der Waals surface area contributed by atoms with Crippen molar-refractivity contribution in [2.45, 2.75) is 26.5 Å². The van der Waals surface area contributed by atoms with Crippen LogP contribution in [0.2, 0.25) is 0 Å². The van der Waals surface area contributed by atoms with Crippen molar-refractivity contribution in [1.82, 2.24) is 5.32 Å². The molecule has 0 radical (unpaired) electrons. The Morgan fingerprint density at radius 3 is 2.33 bits per heavy atom. The van der Waals surface area contributed by atoms with Crippen LogP contribution in [0.1, 0.15) is 29.8 Å². The number of rotatable bonds is 10. The smallest absolute Gasteiger partial charge is 0.344 e. The lowest BCUT2D eigenvalue weighted by molar-refractivity contribution is -0.156. The van der Waals surface area contributed by atoms with Crippen molar-refractivity contribution >= 4 is 17.7 Å².